The number of fused-ring (bicyclic) bond motifs is 1. The molecule has 1 aliphatic carbocycles. The Hall–Kier alpha value is -1.07. The molecule has 1 aliphatic rings. The van der Waals surface area contributed by atoms with Gasteiger partial charge in [0.25, 0.3) is 0 Å². The van der Waals surface area contributed by atoms with E-state index in [0.717, 1.165) is 24.1 Å². The highest BCUT2D eigenvalue weighted by molar-refractivity contribution is 6.29. The van der Waals surface area contributed by atoms with Crippen molar-refractivity contribution in [1.82, 2.24) is 4.98 Å². The lowest BCUT2D eigenvalue weighted by Gasteiger charge is -1.99. The zero-order chi connectivity index (χ0) is 8.55. The van der Waals surface area contributed by atoms with Crippen LogP contribution in [0.2, 0.25) is 5.15 Å². The average molecular weight is 179 g/mol. The maximum Gasteiger partial charge on any atom is 0.129 e. The van der Waals surface area contributed by atoms with E-state index in [4.69, 9.17) is 16.9 Å². The van der Waals surface area contributed by atoms with Crippen molar-refractivity contribution in [1.29, 1.82) is 5.26 Å². The zero-order valence-corrected chi connectivity index (χ0v) is 7.17. The molecular formula is C9H7ClN2. The molecule has 12 heavy (non-hydrogen) atoms. The minimum atomic E-state index is 0.0322. The van der Waals surface area contributed by atoms with Crippen LogP contribution in [-0.2, 0) is 6.42 Å². The van der Waals surface area contributed by atoms with Crippen LogP contribution in [0.4, 0.5) is 0 Å². The smallest absolute Gasteiger partial charge is 0.129 e. The Kier molecular flexibility index (Phi) is 1.74. The number of rotatable bonds is 0. The Bertz CT molecular complexity index is 354. The first-order valence-electron chi connectivity index (χ1n) is 3.86. The minimum absolute atomic E-state index is 0.0322. The molecule has 0 aromatic carbocycles. The molecule has 1 atom stereocenters. The molecule has 0 saturated heterocycles. The third-order valence-corrected chi connectivity index (χ3v) is 2.39. The van der Waals surface area contributed by atoms with Crippen LogP contribution in [0, 0.1) is 11.3 Å². The number of aromatic nitrogens is 1. The summed E-state index contributed by atoms with van der Waals surface area (Å²) in [5.41, 5.74) is 2.05. The number of nitrogens with zero attached hydrogens (tertiary/aromatic N) is 2. The van der Waals surface area contributed by atoms with E-state index in [9.17, 15) is 0 Å². The Balaban J connectivity index is 2.49. The van der Waals surface area contributed by atoms with Gasteiger partial charge < -0.3 is 0 Å². The van der Waals surface area contributed by atoms with Crippen LogP contribution in [-0.4, -0.2) is 4.98 Å². The molecule has 2 nitrogen and oxygen atoms in total. The van der Waals surface area contributed by atoms with Crippen molar-refractivity contribution in [3.63, 3.8) is 0 Å². The van der Waals surface area contributed by atoms with Crippen molar-refractivity contribution >= 4 is 11.6 Å². The number of pyridine rings is 1. The van der Waals surface area contributed by atoms with Gasteiger partial charge in [-0.1, -0.05) is 17.7 Å². The van der Waals surface area contributed by atoms with Crippen molar-refractivity contribution in [2.45, 2.75) is 18.8 Å². The van der Waals surface area contributed by atoms with Crippen LogP contribution < -0.4 is 0 Å². The van der Waals surface area contributed by atoms with Gasteiger partial charge in [0.2, 0.25) is 0 Å². The highest BCUT2D eigenvalue weighted by atomic mass is 35.5. The second-order valence-electron chi connectivity index (χ2n) is 2.89. The molecule has 0 amide bonds. The first-order valence-corrected chi connectivity index (χ1v) is 4.24. The van der Waals surface area contributed by atoms with Gasteiger partial charge in [-0.3, -0.25) is 0 Å². The minimum Gasteiger partial charge on any atom is -0.241 e. The number of nitriles is 1. The summed E-state index contributed by atoms with van der Waals surface area (Å²) < 4.78 is 0. The van der Waals surface area contributed by atoms with Crippen molar-refractivity contribution in [3.05, 3.63) is 28.5 Å². The van der Waals surface area contributed by atoms with Crippen LogP contribution in [0.25, 0.3) is 0 Å². The first kappa shape index (κ1) is 7.57. The predicted molar refractivity (Wildman–Crippen MR) is 45.9 cm³/mol. The second kappa shape index (κ2) is 2.76. The van der Waals surface area contributed by atoms with Gasteiger partial charge in [-0.25, -0.2) is 4.98 Å². The molecule has 0 bridgehead atoms. The van der Waals surface area contributed by atoms with E-state index >= 15 is 0 Å². The molecule has 0 saturated carbocycles. The summed E-state index contributed by atoms with van der Waals surface area (Å²) in [5.74, 6) is 0.0322. The molecule has 0 aliphatic heterocycles. The highest BCUT2D eigenvalue weighted by Crippen LogP contribution is 2.31. The van der Waals surface area contributed by atoms with E-state index in [1.165, 1.54) is 0 Å². The topological polar surface area (TPSA) is 36.7 Å². The number of aryl methyl sites for hydroxylation is 1. The van der Waals surface area contributed by atoms with Gasteiger partial charge in [0.1, 0.15) is 5.15 Å². The lowest BCUT2D eigenvalue weighted by molar-refractivity contribution is 0.822. The summed E-state index contributed by atoms with van der Waals surface area (Å²) >= 11 is 5.72. The monoisotopic (exact) mass is 178 g/mol. The molecule has 0 spiro atoms. The lowest BCUT2D eigenvalue weighted by Crippen LogP contribution is -1.90. The van der Waals surface area contributed by atoms with Crippen molar-refractivity contribution in [3.8, 4) is 6.07 Å². The fourth-order valence-electron chi connectivity index (χ4n) is 1.57. The molecule has 0 radical (unpaired) electrons. The van der Waals surface area contributed by atoms with Gasteiger partial charge in [-0.05, 0) is 24.5 Å². The number of hydrogen-bond donors (Lipinski definition) is 0. The Morgan fingerprint density at radius 1 is 1.58 bits per heavy atom. The van der Waals surface area contributed by atoms with Gasteiger partial charge in [0, 0.05) is 5.69 Å². The summed E-state index contributed by atoms with van der Waals surface area (Å²) in [6.45, 7) is 0. The molecule has 1 heterocycles. The maximum atomic E-state index is 8.77. The predicted octanol–water partition coefficient (Wildman–Crippen LogP) is 2.29. The van der Waals surface area contributed by atoms with Crippen LogP contribution in [0.1, 0.15) is 23.6 Å². The summed E-state index contributed by atoms with van der Waals surface area (Å²) in [7, 11) is 0. The molecule has 1 unspecified atom stereocenters. The van der Waals surface area contributed by atoms with E-state index in [-0.39, 0.29) is 5.92 Å². The van der Waals surface area contributed by atoms with Gasteiger partial charge in [0.05, 0.1) is 12.0 Å². The lowest BCUT2D eigenvalue weighted by atomic mass is 10.1. The number of halogens is 1. The molecular weight excluding hydrogens is 172 g/mol. The maximum absolute atomic E-state index is 8.77. The summed E-state index contributed by atoms with van der Waals surface area (Å²) in [5, 5.41) is 9.29. The average Bonchev–Trinajstić information content (AvgIpc) is 2.46. The largest absolute Gasteiger partial charge is 0.241 e. The highest BCUT2D eigenvalue weighted by Gasteiger charge is 2.22. The fraction of sp³-hybridized carbons (Fsp3) is 0.333. The van der Waals surface area contributed by atoms with Crippen molar-refractivity contribution in [2.24, 2.45) is 0 Å². The molecule has 60 valence electrons. The van der Waals surface area contributed by atoms with E-state index < -0.39 is 0 Å². The molecule has 0 N–H and O–H groups in total. The van der Waals surface area contributed by atoms with Gasteiger partial charge in [-0.2, -0.15) is 5.26 Å². The summed E-state index contributed by atoms with van der Waals surface area (Å²) in [6.07, 6.45) is 1.77. The molecule has 3 heteroatoms. The van der Waals surface area contributed by atoms with Crippen LogP contribution in [0.15, 0.2) is 12.1 Å². The standard InChI is InChI=1S/C9H7ClN2/c10-9-4-2-7-6(5-11)1-3-8(7)12-9/h2,4,6H,1,3H2. The SMILES string of the molecule is N#CC1CCc2nc(Cl)ccc21. The van der Waals surface area contributed by atoms with E-state index in [1.807, 2.05) is 6.07 Å². The van der Waals surface area contributed by atoms with Crippen LogP contribution in [0.5, 0.6) is 0 Å². The normalized spacial score (nSPS) is 20.2. The molecule has 1 aromatic heterocycles. The Morgan fingerprint density at radius 3 is 3.17 bits per heavy atom. The van der Waals surface area contributed by atoms with Crippen molar-refractivity contribution < 1.29 is 0 Å². The van der Waals surface area contributed by atoms with Crippen LogP contribution in [0.3, 0.4) is 0 Å². The fourth-order valence-corrected chi connectivity index (χ4v) is 1.74. The van der Waals surface area contributed by atoms with Gasteiger partial charge in [0.15, 0.2) is 0 Å². The van der Waals surface area contributed by atoms with Gasteiger partial charge >= 0.3 is 0 Å². The molecule has 0 fully saturated rings. The second-order valence-corrected chi connectivity index (χ2v) is 3.28. The van der Waals surface area contributed by atoms with Crippen molar-refractivity contribution in [2.75, 3.05) is 0 Å². The van der Waals surface area contributed by atoms with E-state index in [0.29, 0.717) is 5.15 Å². The molecule has 1 aromatic rings. The van der Waals surface area contributed by atoms with E-state index in [2.05, 4.69) is 11.1 Å². The third kappa shape index (κ3) is 1.07. The van der Waals surface area contributed by atoms with E-state index in [1.54, 1.807) is 6.07 Å². The molecule has 2 rings (SSSR count). The quantitative estimate of drug-likeness (QED) is 0.572. The Labute approximate surface area is 75.8 Å². The number of hydrogen-bond acceptors (Lipinski definition) is 2. The third-order valence-electron chi connectivity index (χ3n) is 2.18. The summed E-state index contributed by atoms with van der Waals surface area (Å²) in [6, 6.07) is 5.91. The summed E-state index contributed by atoms with van der Waals surface area (Å²) in [4.78, 5) is 4.17. The Morgan fingerprint density at radius 2 is 2.42 bits per heavy atom. The zero-order valence-electron chi connectivity index (χ0n) is 6.42. The van der Waals surface area contributed by atoms with Gasteiger partial charge in [-0.15, -0.1) is 0 Å². The first-order chi connectivity index (χ1) is 5.81. The van der Waals surface area contributed by atoms with Crippen LogP contribution >= 0.6 is 11.6 Å².